The number of rotatable bonds is 24. The molecular formula is C74H62B2N6O6S2. The van der Waals surface area contributed by atoms with Gasteiger partial charge in [-0.1, -0.05) is 143 Å². The molecule has 12 aromatic rings. The number of ketones is 2. The van der Waals surface area contributed by atoms with Gasteiger partial charge < -0.3 is 37.5 Å². The molecule has 0 spiro atoms. The number of benzene rings is 8. The maximum atomic E-state index is 12.5. The summed E-state index contributed by atoms with van der Waals surface area (Å²) < 4.78 is 30.7. The lowest BCUT2D eigenvalue weighted by Crippen LogP contribution is -2.54. The number of carbonyl (C=O) groups is 2. The molecule has 0 atom stereocenters. The Hall–Kier alpha value is -10.3. The van der Waals surface area contributed by atoms with Crippen LogP contribution in [0.3, 0.4) is 0 Å². The van der Waals surface area contributed by atoms with Gasteiger partial charge in [0.1, 0.15) is 67.9 Å². The number of carbonyl (C=O) groups excluding carboxylic acids is 2. The summed E-state index contributed by atoms with van der Waals surface area (Å²) in [7, 11) is 3.26. The van der Waals surface area contributed by atoms with Crippen LogP contribution in [0.1, 0.15) is 62.4 Å². The molecule has 0 radical (unpaired) electrons. The van der Waals surface area contributed by atoms with Gasteiger partial charge in [0.05, 0.1) is 58.6 Å². The SMILES string of the molecule is COc1ccc2sc(/C(C#N)=c3/c4c(-c5ccc(OCCCCC(C)=O)cc5)n(B(c5ccccc5)c5ccccc5)/c(=C(/C#N)c5nc6cc(OC)ccc6s5)c4c(-c4ccc(OCCCCC(C)=O)cc4)n3B(c3ccccc3)c3ccccc3)nc2c1. The van der Waals surface area contributed by atoms with Crippen molar-refractivity contribution in [1.29, 1.82) is 10.5 Å². The maximum absolute atomic E-state index is 12.5. The Morgan fingerprint density at radius 2 is 0.789 bits per heavy atom. The molecule has 8 aromatic carbocycles. The van der Waals surface area contributed by atoms with E-state index in [0.717, 1.165) is 66.6 Å². The van der Waals surface area contributed by atoms with Crippen LogP contribution in [0.4, 0.5) is 0 Å². The Kier molecular flexibility index (Phi) is 18.3. The highest BCUT2D eigenvalue weighted by molar-refractivity contribution is 7.20. The van der Waals surface area contributed by atoms with E-state index >= 15 is 0 Å². The zero-order valence-corrected chi connectivity index (χ0v) is 52.0. The first kappa shape index (κ1) is 60.1. The van der Waals surface area contributed by atoms with E-state index in [0.29, 0.717) is 116 Å². The largest absolute Gasteiger partial charge is 0.497 e. The van der Waals surface area contributed by atoms with Crippen molar-refractivity contribution in [3.05, 3.63) is 227 Å². The van der Waals surface area contributed by atoms with Crippen LogP contribution in [0.25, 0.3) is 64.9 Å². The molecule has 0 fully saturated rings. The van der Waals surface area contributed by atoms with Crippen LogP contribution in [-0.4, -0.2) is 71.6 Å². The lowest BCUT2D eigenvalue weighted by atomic mass is 9.50. The van der Waals surface area contributed by atoms with Gasteiger partial charge in [0.15, 0.2) is 0 Å². The van der Waals surface area contributed by atoms with Crippen LogP contribution in [0.2, 0.25) is 0 Å². The molecule has 12 nitrogen and oxygen atoms in total. The predicted octanol–water partition coefficient (Wildman–Crippen LogP) is 12.0. The van der Waals surface area contributed by atoms with Crippen molar-refractivity contribution in [2.24, 2.45) is 0 Å². The number of Topliss-reactive ketones (excluding diaryl/α,β-unsaturated/α-hetero) is 2. The molecule has 0 unspecified atom stereocenters. The van der Waals surface area contributed by atoms with E-state index in [9.17, 15) is 20.1 Å². The lowest BCUT2D eigenvalue weighted by molar-refractivity contribution is -0.118. The number of ether oxygens (including phenoxy) is 4. The molecule has 0 aliphatic heterocycles. The normalized spacial score (nSPS) is 11.9. The van der Waals surface area contributed by atoms with Gasteiger partial charge in [-0.2, -0.15) is 10.5 Å². The van der Waals surface area contributed by atoms with Crippen molar-refractivity contribution in [1.82, 2.24) is 18.9 Å². The first-order chi connectivity index (χ1) is 44.1. The summed E-state index contributed by atoms with van der Waals surface area (Å²) in [5, 5.41) is 28.5. The molecule has 0 aliphatic rings. The average molecular weight is 1220 g/mol. The Balaban J connectivity index is 1.33. The minimum absolute atomic E-state index is 0.146. The summed E-state index contributed by atoms with van der Waals surface area (Å²) in [6.07, 6.45) is 3.82. The molecule has 442 valence electrons. The molecule has 0 aliphatic carbocycles. The first-order valence-electron chi connectivity index (χ1n) is 30.1. The number of aromatic nitrogens is 4. The summed E-state index contributed by atoms with van der Waals surface area (Å²) in [4.78, 5) is 34.5. The smallest absolute Gasteiger partial charge is 0.328 e. The van der Waals surface area contributed by atoms with E-state index < -0.39 is 13.7 Å². The molecule has 90 heavy (non-hydrogen) atoms. The number of nitrogens with zero attached hydrogens (tertiary/aromatic N) is 6. The fourth-order valence-corrected chi connectivity index (χ4v) is 13.8. The van der Waals surface area contributed by atoms with Crippen molar-refractivity contribution in [3.63, 3.8) is 0 Å². The van der Waals surface area contributed by atoms with Crippen molar-refractivity contribution >= 4 is 112 Å². The van der Waals surface area contributed by atoms with E-state index in [4.69, 9.17) is 28.9 Å². The van der Waals surface area contributed by atoms with Gasteiger partial charge in [-0.05, 0) is 123 Å². The number of hydrogen-bond donors (Lipinski definition) is 0. The molecule has 12 rings (SSSR count). The van der Waals surface area contributed by atoms with E-state index in [1.165, 1.54) is 22.7 Å². The third-order valence-electron chi connectivity index (χ3n) is 16.1. The number of nitriles is 2. The topological polar surface area (TPSA) is 154 Å². The molecule has 0 bridgehead atoms. The van der Waals surface area contributed by atoms with Crippen LogP contribution in [0, 0.1) is 22.7 Å². The standard InChI is InChI=1S/C74H62B2N6O6S2/c1-49(83)21-17-19-43-87-57-35-31-51(32-36-57)69-67-68(72(62(48-78)74-80-64-46-60(86-4)40-42-66(64)90-74)81(69)75(53-23-9-5-10-24-53)54-25-11-6-12-26-54)70(52-33-37-58(38-34-52)88-44-20-18-22-50(2)84)82(76(55-27-13-7-14-28-55)56-29-15-8-16-30-56)71(67)61(47-77)73-79-63-45-59(85-3)39-41-65(63)89-73/h5-16,23-42,45-46H,17-22,43-44H2,1-4H3/b71-61-,72-62-. The van der Waals surface area contributed by atoms with Crippen molar-refractivity contribution in [2.45, 2.75) is 52.4 Å². The minimum Gasteiger partial charge on any atom is -0.497 e. The van der Waals surface area contributed by atoms with E-state index in [-0.39, 0.29) is 11.6 Å². The van der Waals surface area contributed by atoms with E-state index in [2.05, 4.69) is 93.9 Å². The second-order valence-corrected chi connectivity index (χ2v) is 24.1. The van der Waals surface area contributed by atoms with Gasteiger partial charge in [0.2, 0.25) is 0 Å². The summed E-state index contributed by atoms with van der Waals surface area (Å²) in [5.74, 6) is 2.86. The quantitative estimate of drug-likeness (QED) is 0.0422. The monoisotopic (exact) mass is 1220 g/mol. The number of methoxy groups -OCH3 is 2. The van der Waals surface area contributed by atoms with Gasteiger partial charge in [-0.3, -0.25) is 0 Å². The summed E-state index contributed by atoms with van der Waals surface area (Å²) in [5.41, 5.74) is 8.73. The van der Waals surface area contributed by atoms with Crippen LogP contribution < -0.4 is 51.5 Å². The van der Waals surface area contributed by atoms with Gasteiger partial charge >= 0.3 is 13.7 Å². The molecule has 0 N–H and O–H groups in total. The molecule has 0 saturated carbocycles. The molecule has 4 heterocycles. The van der Waals surface area contributed by atoms with Crippen LogP contribution in [0.15, 0.2) is 206 Å². The van der Waals surface area contributed by atoms with Crippen LogP contribution in [0.5, 0.6) is 23.0 Å². The average Bonchev–Trinajstić information content (AvgIpc) is 1.52. The minimum atomic E-state index is -0.604. The zero-order valence-electron chi connectivity index (χ0n) is 50.4. The third kappa shape index (κ3) is 12.5. The Morgan fingerprint density at radius 3 is 1.10 bits per heavy atom. The van der Waals surface area contributed by atoms with Crippen molar-refractivity contribution in [3.8, 4) is 57.7 Å². The zero-order chi connectivity index (χ0) is 62.1. The number of hydrogen-bond acceptors (Lipinski definition) is 12. The van der Waals surface area contributed by atoms with Gasteiger partial charge in [0, 0.05) is 47.1 Å². The fourth-order valence-electron chi connectivity index (χ4n) is 11.9. The Bertz CT molecular complexity index is 4400. The highest BCUT2D eigenvalue weighted by Crippen LogP contribution is 2.39. The molecule has 4 aromatic heterocycles. The van der Waals surface area contributed by atoms with Crippen LogP contribution >= 0.6 is 22.7 Å². The highest BCUT2D eigenvalue weighted by Gasteiger charge is 2.38. The molecule has 0 saturated heterocycles. The molecular weight excluding hydrogens is 1150 g/mol. The molecule has 16 heteroatoms. The second kappa shape index (κ2) is 27.4. The van der Waals surface area contributed by atoms with Gasteiger partial charge in [-0.15, -0.1) is 22.7 Å². The Morgan fingerprint density at radius 1 is 0.456 bits per heavy atom. The summed E-state index contributed by atoms with van der Waals surface area (Å²) in [6.45, 7) is 2.86. The van der Waals surface area contributed by atoms with Crippen molar-refractivity contribution < 1.29 is 28.5 Å². The fraction of sp³-hybridized carbons (Fsp3) is 0.162. The highest BCUT2D eigenvalue weighted by atomic mass is 32.1. The van der Waals surface area contributed by atoms with Crippen molar-refractivity contribution in [2.75, 3.05) is 27.4 Å². The number of fused-ring (bicyclic) bond motifs is 3. The predicted molar refractivity (Wildman–Crippen MR) is 365 cm³/mol. The van der Waals surface area contributed by atoms with Crippen LogP contribution in [-0.2, 0) is 9.59 Å². The molecule has 0 amide bonds. The first-order valence-corrected chi connectivity index (χ1v) is 31.7. The van der Waals surface area contributed by atoms with Gasteiger partial charge in [-0.25, -0.2) is 9.97 Å². The van der Waals surface area contributed by atoms with E-state index in [1.54, 1.807) is 28.1 Å². The maximum Gasteiger partial charge on any atom is 0.328 e. The number of unbranched alkanes of at least 4 members (excludes halogenated alkanes) is 2. The summed E-state index contributed by atoms with van der Waals surface area (Å²) >= 11 is 2.86. The van der Waals surface area contributed by atoms with E-state index in [1.807, 2.05) is 133 Å². The third-order valence-corrected chi connectivity index (χ3v) is 18.2. The van der Waals surface area contributed by atoms with Gasteiger partial charge in [0.25, 0.3) is 0 Å². The Labute approximate surface area is 531 Å². The summed E-state index contributed by atoms with van der Waals surface area (Å²) in [6, 6.07) is 74.7. The lowest BCUT2D eigenvalue weighted by Gasteiger charge is -2.24. The second-order valence-electron chi connectivity index (χ2n) is 22.1. The number of thiazole rings is 2.